The first-order valence-corrected chi connectivity index (χ1v) is 13.2. The number of anilines is 1. The number of rotatable bonds is 5. The van der Waals surface area contributed by atoms with E-state index in [0.29, 0.717) is 18.0 Å². The van der Waals surface area contributed by atoms with Crippen molar-refractivity contribution in [3.63, 3.8) is 0 Å². The van der Waals surface area contributed by atoms with Crippen molar-refractivity contribution >= 4 is 21.6 Å². The summed E-state index contributed by atoms with van der Waals surface area (Å²) >= 11 is 0. The van der Waals surface area contributed by atoms with Crippen LogP contribution in [0.15, 0.2) is 52.6 Å². The summed E-state index contributed by atoms with van der Waals surface area (Å²) in [5.74, 6) is 0. The van der Waals surface area contributed by atoms with E-state index >= 15 is 0 Å². The molecule has 0 bridgehead atoms. The molecule has 0 saturated carbocycles. The molecule has 8 heteroatoms. The van der Waals surface area contributed by atoms with Gasteiger partial charge in [0.25, 0.3) is 0 Å². The van der Waals surface area contributed by atoms with Gasteiger partial charge in [-0.15, -0.1) is 0 Å². The molecule has 1 fully saturated rings. The average molecular weight is 461 g/mol. The monoisotopic (exact) mass is 460 g/mol. The fraction of sp³-hybridized carbons (Fsp3) is 0.542. The molecule has 1 amide bonds. The summed E-state index contributed by atoms with van der Waals surface area (Å²) in [4.78, 5) is 16.4. The molecule has 7 nitrogen and oxygen atoms in total. The molecule has 1 aromatic carbocycles. The molecule has 4 rings (SSSR count). The highest BCUT2D eigenvalue weighted by atomic mass is 32.2. The average Bonchev–Trinajstić information content (AvgIpc) is 3.18. The van der Waals surface area contributed by atoms with Crippen molar-refractivity contribution in [2.24, 2.45) is 0 Å². The van der Waals surface area contributed by atoms with Gasteiger partial charge in [-0.05, 0) is 75.4 Å². The lowest BCUT2D eigenvalue weighted by molar-refractivity contribution is -0.0280. The summed E-state index contributed by atoms with van der Waals surface area (Å²) in [5, 5.41) is 0. The lowest BCUT2D eigenvalue weighted by atomic mass is 9.97. The predicted octanol–water partition coefficient (Wildman–Crippen LogP) is 3.91. The molecule has 1 aromatic rings. The van der Waals surface area contributed by atoms with Crippen LogP contribution in [-0.4, -0.2) is 63.6 Å². The summed E-state index contributed by atoms with van der Waals surface area (Å²) in [6.45, 7) is 5.89. The molecule has 174 valence electrons. The number of likely N-dealkylation sites (tertiary alicyclic amines) is 1. The molecular formula is C24H32N2O5S. The van der Waals surface area contributed by atoms with Crippen molar-refractivity contribution in [3.05, 3.63) is 47.7 Å². The van der Waals surface area contributed by atoms with Crippen molar-refractivity contribution in [1.29, 1.82) is 0 Å². The van der Waals surface area contributed by atoms with Crippen molar-refractivity contribution in [3.8, 4) is 0 Å². The molecule has 0 N–H and O–H groups in total. The van der Waals surface area contributed by atoms with E-state index in [9.17, 15) is 13.2 Å². The molecule has 2 aliphatic heterocycles. The SMILES string of the molecule is CC(C)OC(=O)N1CCC(OC2CC=CC3=C2CCN3c2ccc(S(C)(=O)=O)cc2)CC1. The number of benzene rings is 1. The van der Waals surface area contributed by atoms with Gasteiger partial charge in [-0.2, -0.15) is 0 Å². The predicted molar refractivity (Wildman–Crippen MR) is 123 cm³/mol. The minimum atomic E-state index is -3.20. The van der Waals surface area contributed by atoms with Crippen LogP contribution in [0, 0.1) is 0 Å². The van der Waals surface area contributed by atoms with Gasteiger partial charge in [0, 0.05) is 37.3 Å². The number of sulfone groups is 1. The minimum absolute atomic E-state index is 0.0504. The zero-order valence-corrected chi connectivity index (χ0v) is 19.8. The molecule has 0 aromatic heterocycles. The van der Waals surface area contributed by atoms with E-state index in [2.05, 4.69) is 17.1 Å². The maximum atomic E-state index is 12.1. The van der Waals surface area contributed by atoms with E-state index in [4.69, 9.17) is 9.47 Å². The molecule has 0 spiro atoms. The van der Waals surface area contributed by atoms with Crippen molar-refractivity contribution < 1.29 is 22.7 Å². The van der Waals surface area contributed by atoms with Gasteiger partial charge in [-0.25, -0.2) is 13.2 Å². The zero-order valence-electron chi connectivity index (χ0n) is 19.0. The number of ether oxygens (including phenoxy) is 2. The summed E-state index contributed by atoms with van der Waals surface area (Å²) < 4.78 is 35.3. The molecule has 1 unspecified atom stereocenters. The third-order valence-electron chi connectivity index (χ3n) is 6.21. The smallest absolute Gasteiger partial charge is 0.410 e. The maximum absolute atomic E-state index is 12.1. The fourth-order valence-corrected chi connectivity index (χ4v) is 5.22. The Morgan fingerprint density at radius 1 is 1.09 bits per heavy atom. The Hall–Kier alpha value is -2.32. The number of carbonyl (C=O) groups excluding carboxylic acids is 1. The number of hydrogen-bond acceptors (Lipinski definition) is 6. The zero-order chi connectivity index (χ0) is 22.9. The third kappa shape index (κ3) is 5.02. The second kappa shape index (κ2) is 9.27. The number of piperidine rings is 1. The van der Waals surface area contributed by atoms with Gasteiger partial charge < -0.3 is 19.3 Å². The number of nitrogens with zero attached hydrogens (tertiary/aromatic N) is 2. The van der Waals surface area contributed by atoms with Crippen LogP contribution < -0.4 is 4.90 Å². The van der Waals surface area contributed by atoms with E-state index in [-0.39, 0.29) is 24.4 Å². The van der Waals surface area contributed by atoms with Crippen molar-refractivity contribution in [2.45, 2.75) is 62.7 Å². The number of carbonyl (C=O) groups is 1. The Morgan fingerprint density at radius 3 is 2.41 bits per heavy atom. The lowest BCUT2D eigenvalue weighted by Crippen LogP contribution is -2.43. The molecule has 1 saturated heterocycles. The van der Waals surface area contributed by atoms with Crippen LogP contribution in [-0.2, 0) is 19.3 Å². The second-order valence-electron chi connectivity index (χ2n) is 8.96. The fourth-order valence-electron chi connectivity index (χ4n) is 4.58. The van der Waals surface area contributed by atoms with Crippen molar-refractivity contribution in [1.82, 2.24) is 4.90 Å². The Bertz CT molecular complexity index is 1010. The van der Waals surface area contributed by atoms with E-state index in [0.717, 1.165) is 43.6 Å². The summed E-state index contributed by atoms with van der Waals surface area (Å²) in [5.41, 5.74) is 3.46. The molecule has 3 aliphatic rings. The third-order valence-corrected chi connectivity index (χ3v) is 7.34. The van der Waals surface area contributed by atoms with Crippen LogP contribution in [0.25, 0.3) is 0 Å². The molecular weight excluding hydrogens is 428 g/mol. The molecule has 32 heavy (non-hydrogen) atoms. The standard InChI is InChI=1S/C24H32N2O5S/c1-17(2)30-24(27)25-14-11-19(12-15-25)31-23-6-4-5-22-21(23)13-16-26(22)18-7-9-20(10-8-18)32(3,28)29/h4-5,7-10,17,19,23H,6,11-16H2,1-3H3. The van der Waals surface area contributed by atoms with Gasteiger partial charge in [0.1, 0.15) is 0 Å². The number of hydrogen-bond donors (Lipinski definition) is 0. The Balaban J connectivity index is 1.39. The first-order valence-electron chi connectivity index (χ1n) is 11.3. The Kier molecular flexibility index (Phi) is 6.62. The molecule has 2 heterocycles. The van der Waals surface area contributed by atoms with Gasteiger partial charge in [0.2, 0.25) is 0 Å². The van der Waals surface area contributed by atoms with E-state index in [1.54, 1.807) is 17.0 Å². The highest BCUT2D eigenvalue weighted by Gasteiger charge is 2.33. The second-order valence-corrected chi connectivity index (χ2v) is 11.0. The van der Waals surface area contributed by atoms with Gasteiger partial charge in [-0.3, -0.25) is 0 Å². The lowest BCUT2D eigenvalue weighted by Gasteiger charge is -2.34. The number of amides is 1. The first-order chi connectivity index (χ1) is 15.2. The normalized spacial score (nSPS) is 21.9. The highest BCUT2D eigenvalue weighted by Crippen LogP contribution is 2.37. The largest absolute Gasteiger partial charge is 0.447 e. The summed E-state index contributed by atoms with van der Waals surface area (Å²) in [7, 11) is -3.20. The summed E-state index contributed by atoms with van der Waals surface area (Å²) in [6.07, 6.45) is 8.77. The van der Waals surface area contributed by atoms with E-state index in [1.807, 2.05) is 26.0 Å². The summed E-state index contributed by atoms with van der Waals surface area (Å²) in [6, 6.07) is 7.08. The van der Waals surface area contributed by atoms with Gasteiger partial charge in [0.05, 0.1) is 23.2 Å². The Labute approximate surface area is 190 Å². The van der Waals surface area contributed by atoms with Crippen LogP contribution >= 0.6 is 0 Å². The van der Waals surface area contributed by atoms with Crippen LogP contribution in [0.4, 0.5) is 10.5 Å². The van der Waals surface area contributed by atoms with Gasteiger partial charge >= 0.3 is 6.09 Å². The molecule has 0 radical (unpaired) electrons. The van der Waals surface area contributed by atoms with E-state index < -0.39 is 9.84 Å². The van der Waals surface area contributed by atoms with Crippen molar-refractivity contribution in [2.75, 3.05) is 30.8 Å². The first kappa shape index (κ1) is 22.9. The van der Waals surface area contributed by atoms with Crippen LogP contribution in [0.3, 0.4) is 0 Å². The minimum Gasteiger partial charge on any atom is -0.447 e. The van der Waals surface area contributed by atoms with Crippen LogP contribution in [0.1, 0.15) is 39.5 Å². The maximum Gasteiger partial charge on any atom is 0.410 e. The topological polar surface area (TPSA) is 76.2 Å². The van der Waals surface area contributed by atoms with E-state index in [1.165, 1.54) is 11.8 Å². The van der Waals surface area contributed by atoms with Crippen LogP contribution in [0.5, 0.6) is 0 Å². The Morgan fingerprint density at radius 2 is 1.78 bits per heavy atom. The molecule has 1 atom stereocenters. The van der Waals surface area contributed by atoms with Gasteiger partial charge in [-0.1, -0.05) is 6.08 Å². The van der Waals surface area contributed by atoms with Gasteiger partial charge in [0.15, 0.2) is 9.84 Å². The number of allylic oxidation sites excluding steroid dienone is 1. The molecule has 1 aliphatic carbocycles. The quantitative estimate of drug-likeness (QED) is 0.663. The van der Waals surface area contributed by atoms with Crippen LogP contribution in [0.2, 0.25) is 0 Å². The highest BCUT2D eigenvalue weighted by molar-refractivity contribution is 7.90.